The number of nitrogens with zero attached hydrogens (tertiary/aromatic N) is 3. The minimum absolute atomic E-state index is 0.00592. The third-order valence-corrected chi connectivity index (χ3v) is 8.46. The molecule has 9 nitrogen and oxygen atoms in total. The summed E-state index contributed by atoms with van der Waals surface area (Å²) in [6, 6.07) is 21.9. The first-order valence-corrected chi connectivity index (χ1v) is 14.8. The number of hydrogen-bond acceptors (Lipinski definition) is 4. The molecule has 4 amide bonds. The molecule has 0 saturated carbocycles. The Hall–Kier alpha value is -5.05. The number of carbonyl (C=O) groups is 3. The Morgan fingerprint density at radius 1 is 0.955 bits per heavy atom. The second-order valence-electron chi connectivity index (χ2n) is 11.3. The van der Waals surface area contributed by atoms with Crippen molar-refractivity contribution in [3.63, 3.8) is 0 Å². The van der Waals surface area contributed by atoms with Gasteiger partial charge in [0.05, 0.1) is 5.56 Å². The molecule has 0 spiro atoms. The molecule has 228 valence electrons. The van der Waals surface area contributed by atoms with Gasteiger partial charge in [0.1, 0.15) is 5.75 Å². The molecule has 4 aromatic rings. The smallest absolute Gasteiger partial charge is 0.315 e. The largest absolute Gasteiger partial charge is 0.508 e. The van der Waals surface area contributed by atoms with Gasteiger partial charge in [-0.25, -0.2) is 4.79 Å². The SMILES string of the molecule is CCNC(=O)NCc1ccc(-c2cc(C(=O)N(C)c3ccc(O)cc3)c(C)n2C)c(C(=O)N2Cc3ccccc3C[C@H]2C)c1. The Morgan fingerprint density at radius 2 is 1.66 bits per heavy atom. The molecule has 9 heteroatoms. The summed E-state index contributed by atoms with van der Waals surface area (Å²) in [7, 11) is 3.59. The van der Waals surface area contributed by atoms with Crippen molar-refractivity contribution >= 4 is 23.5 Å². The Bertz CT molecular complexity index is 1710. The normalized spacial score (nSPS) is 14.1. The van der Waals surface area contributed by atoms with Crippen LogP contribution < -0.4 is 15.5 Å². The average molecular weight is 594 g/mol. The molecule has 1 aromatic heterocycles. The molecule has 2 heterocycles. The van der Waals surface area contributed by atoms with Crippen LogP contribution in [-0.4, -0.2) is 52.1 Å². The third-order valence-electron chi connectivity index (χ3n) is 8.46. The van der Waals surface area contributed by atoms with E-state index in [1.54, 1.807) is 36.2 Å². The standard InChI is InChI=1S/C35H39N5O4/c1-6-36-35(44)37-20-24-11-16-29(31(18-24)34(43)40-21-26-10-8-7-9-25(26)17-22(40)2)32-19-30(23(3)38(32)4)33(42)39(5)27-12-14-28(41)15-13-27/h7-16,18-19,22,41H,6,17,20-21H2,1-5H3,(H2,36,37,44)/t22-/m1/s1. The number of phenols is 1. The number of fused-ring (bicyclic) bond motifs is 1. The van der Waals surface area contributed by atoms with Gasteiger partial charge in [-0.05, 0) is 80.3 Å². The minimum Gasteiger partial charge on any atom is -0.508 e. The molecule has 1 atom stereocenters. The van der Waals surface area contributed by atoms with Crippen molar-refractivity contribution in [1.29, 1.82) is 0 Å². The maximum absolute atomic E-state index is 14.4. The van der Waals surface area contributed by atoms with Gasteiger partial charge in [0, 0.05) is 68.0 Å². The number of nitrogens with one attached hydrogen (secondary N) is 2. The van der Waals surface area contributed by atoms with Gasteiger partial charge in [0.25, 0.3) is 11.8 Å². The summed E-state index contributed by atoms with van der Waals surface area (Å²) in [5.74, 6) is -0.178. The summed E-state index contributed by atoms with van der Waals surface area (Å²) in [6.07, 6.45) is 0.765. The number of benzene rings is 3. The molecule has 5 rings (SSSR count). The van der Waals surface area contributed by atoms with Gasteiger partial charge < -0.3 is 30.1 Å². The molecule has 3 aromatic carbocycles. The van der Waals surface area contributed by atoms with Crippen LogP contribution in [0, 0.1) is 6.92 Å². The number of rotatable bonds is 7. The Kier molecular flexibility index (Phi) is 8.76. The average Bonchev–Trinajstić information content (AvgIpc) is 3.32. The van der Waals surface area contributed by atoms with E-state index in [4.69, 9.17) is 0 Å². The van der Waals surface area contributed by atoms with Crippen LogP contribution >= 0.6 is 0 Å². The minimum atomic E-state index is -0.273. The van der Waals surface area contributed by atoms with Crippen LogP contribution in [0.1, 0.15) is 56.9 Å². The summed E-state index contributed by atoms with van der Waals surface area (Å²) < 4.78 is 1.94. The highest BCUT2D eigenvalue weighted by molar-refractivity contribution is 6.08. The quantitative estimate of drug-likeness (QED) is 0.267. The molecule has 0 bridgehead atoms. The number of carbonyl (C=O) groups excluding carboxylic acids is 3. The van der Waals surface area contributed by atoms with Crippen molar-refractivity contribution in [1.82, 2.24) is 20.1 Å². The highest BCUT2D eigenvalue weighted by Crippen LogP contribution is 2.33. The fourth-order valence-electron chi connectivity index (χ4n) is 5.76. The van der Waals surface area contributed by atoms with E-state index in [0.717, 1.165) is 28.9 Å². The number of aromatic hydroxyl groups is 1. The summed E-state index contributed by atoms with van der Waals surface area (Å²) in [6.45, 7) is 7.08. The fraction of sp³-hybridized carbons (Fsp3) is 0.286. The fourth-order valence-corrected chi connectivity index (χ4v) is 5.76. The molecule has 0 fully saturated rings. The summed E-state index contributed by atoms with van der Waals surface area (Å²) in [5.41, 5.74) is 7.06. The lowest BCUT2D eigenvalue weighted by molar-refractivity contribution is 0.0658. The van der Waals surface area contributed by atoms with Crippen LogP contribution in [-0.2, 0) is 26.6 Å². The van der Waals surface area contributed by atoms with Crippen LogP contribution in [0.3, 0.4) is 0 Å². The summed E-state index contributed by atoms with van der Waals surface area (Å²) >= 11 is 0. The third kappa shape index (κ3) is 6.04. The van der Waals surface area contributed by atoms with E-state index in [-0.39, 0.29) is 36.2 Å². The number of amides is 4. The first kappa shape index (κ1) is 30.4. The monoisotopic (exact) mass is 593 g/mol. The van der Waals surface area contributed by atoms with Gasteiger partial charge in [-0.3, -0.25) is 9.59 Å². The maximum Gasteiger partial charge on any atom is 0.315 e. The van der Waals surface area contributed by atoms with E-state index in [1.807, 2.05) is 66.8 Å². The van der Waals surface area contributed by atoms with Crippen molar-refractivity contribution in [2.24, 2.45) is 7.05 Å². The van der Waals surface area contributed by atoms with Gasteiger partial charge in [0.2, 0.25) is 0 Å². The van der Waals surface area contributed by atoms with E-state index >= 15 is 0 Å². The van der Waals surface area contributed by atoms with Gasteiger partial charge in [0.15, 0.2) is 0 Å². The molecule has 1 aliphatic rings. The second-order valence-corrected chi connectivity index (χ2v) is 11.3. The van der Waals surface area contributed by atoms with Gasteiger partial charge in [-0.15, -0.1) is 0 Å². The van der Waals surface area contributed by atoms with Crippen molar-refractivity contribution in [2.45, 2.75) is 46.3 Å². The van der Waals surface area contributed by atoms with Crippen LogP contribution in [0.15, 0.2) is 72.8 Å². The lowest BCUT2D eigenvalue weighted by Crippen LogP contribution is -2.42. The van der Waals surface area contributed by atoms with E-state index < -0.39 is 0 Å². The van der Waals surface area contributed by atoms with Gasteiger partial charge in [-0.2, -0.15) is 0 Å². The van der Waals surface area contributed by atoms with Crippen LogP contribution in [0.2, 0.25) is 0 Å². The maximum atomic E-state index is 14.4. The zero-order valence-electron chi connectivity index (χ0n) is 25.8. The first-order chi connectivity index (χ1) is 21.1. The van der Waals surface area contributed by atoms with Crippen molar-refractivity contribution in [3.05, 3.63) is 106 Å². The van der Waals surface area contributed by atoms with Crippen molar-refractivity contribution in [3.8, 4) is 17.0 Å². The lowest BCUT2D eigenvalue weighted by atomic mass is 9.93. The summed E-state index contributed by atoms with van der Waals surface area (Å²) in [5, 5.41) is 15.3. The van der Waals surface area contributed by atoms with E-state index in [0.29, 0.717) is 35.5 Å². The van der Waals surface area contributed by atoms with Crippen LogP contribution in [0.25, 0.3) is 11.3 Å². The second kappa shape index (κ2) is 12.7. The van der Waals surface area contributed by atoms with Gasteiger partial charge >= 0.3 is 6.03 Å². The lowest BCUT2D eigenvalue weighted by Gasteiger charge is -2.35. The van der Waals surface area contributed by atoms with Crippen LogP contribution in [0.4, 0.5) is 10.5 Å². The Morgan fingerprint density at radius 3 is 2.36 bits per heavy atom. The predicted molar refractivity (Wildman–Crippen MR) is 172 cm³/mol. The molecule has 0 aliphatic carbocycles. The molecule has 0 radical (unpaired) electrons. The van der Waals surface area contributed by atoms with Crippen LogP contribution in [0.5, 0.6) is 5.75 Å². The zero-order valence-corrected chi connectivity index (χ0v) is 25.8. The number of urea groups is 1. The highest BCUT2D eigenvalue weighted by Gasteiger charge is 2.30. The molecular formula is C35H39N5O4. The Balaban J connectivity index is 1.54. The molecule has 0 saturated heterocycles. The number of hydrogen-bond donors (Lipinski definition) is 3. The Labute approximate surface area is 258 Å². The number of anilines is 1. The predicted octanol–water partition coefficient (Wildman–Crippen LogP) is 5.39. The van der Waals surface area contributed by atoms with E-state index in [2.05, 4.69) is 29.7 Å². The number of phenolic OH excluding ortho intramolecular Hbond substituents is 1. The zero-order chi connectivity index (χ0) is 31.5. The van der Waals surface area contributed by atoms with E-state index in [9.17, 15) is 19.5 Å². The molecule has 44 heavy (non-hydrogen) atoms. The van der Waals surface area contributed by atoms with Crippen molar-refractivity contribution in [2.75, 3.05) is 18.5 Å². The molecular weight excluding hydrogens is 554 g/mol. The molecule has 3 N–H and O–H groups in total. The van der Waals surface area contributed by atoms with Gasteiger partial charge in [-0.1, -0.05) is 36.4 Å². The highest BCUT2D eigenvalue weighted by atomic mass is 16.3. The summed E-state index contributed by atoms with van der Waals surface area (Å²) in [4.78, 5) is 43.6. The molecule has 0 unspecified atom stereocenters. The topological polar surface area (TPSA) is 107 Å². The molecule has 1 aliphatic heterocycles. The first-order valence-electron chi connectivity index (χ1n) is 14.8. The van der Waals surface area contributed by atoms with Crippen molar-refractivity contribution < 1.29 is 19.5 Å². The number of aromatic nitrogens is 1. The van der Waals surface area contributed by atoms with E-state index in [1.165, 1.54) is 5.56 Å².